The number of carbonyl (C=O) groups excluding carboxylic acids is 1. The normalized spacial score (nSPS) is 10.6. The molecular formula is C18H17NO6. The van der Waals surface area contributed by atoms with Gasteiger partial charge >= 0.3 is 12.1 Å². The molecule has 7 nitrogen and oxygen atoms in total. The molecule has 2 aromatic rings. The predicted molar refractivity (Wildman–Crippen MR) is 90.4 cm³/mol. The lowest BCUT2D eigenvalue weighted by atomic mass is 10.1. The lowest BCUT2D eigenvalue weighted by Crippen LogP contribution is -2.24. The topological polar surface area (TPSA) is 116 Å². The average molecular weight is 343 g/mol. The van der Waals surface area contributed by atoms with Gasteiger partial charge < -0.3 is 25.4 Å². The molecule has 0 aromatic heterocycles. The number of ether oxygens (including phenoxy) is 1. The Hall–Kier alpha value is -3.48. The summed E-state index contributed by atoms with van der Waals surface area (Å²) in [4.78, 5) is 22.5. The van der Waals surface area contributed by atoms with Crippen LogP contribution in [0.15, 0.2) is 48.5 Å². The van der Waals surface area contributed by atoms with Gasteiger partial charge in [0.1, 0.15) is 23.7 Å². The maximum absolute atomic E-state index is 11.6. The number of aromatic carboxylic acids is 1. The Morgan fingerprint density at radius 3 is 2.48 bits per heavy atom. The van der Waals surface area contributed by atoms with E-state index < -0.39 is 17.8 Å². The number of hydrogen-bond acceptors (Lipinski definition) is 5. The van der Waals surface area contributed by atoms with E-state index in [1.54, 1.807) is 0 Å². The van der Waals surface area contributed by atoms with Crippen molar-refractivity contribution in [2.75, 3.05) is 6.54 Å². The number of amides is 1. The summed E-state index contributed by atoms with van der Waals surface area (Å²) in [6.45, 7) is 0.271. The second-order valence-corrected chi connectivity index (χ2v) is 5.08. The van der Waals surface area contributed by atoms with Crippen LogP contribution in [0.5, 0.6) is 11.5 Å². The van der Waals surface area contributed by atoms with Crippen molar-refractivity contribution in [3.63, 3.8) is 0 Å². The molecule has 0 aliphatic rings. The van der Waals surface area contributed by atoms with Gasteiger partial charge in [-0.1, -0.05) is 42.5 Å². The summed E-state index contributed by atoms with van der Waals surface area (Å²) in [7, 11) is 0. The van der Waals surface area contributed by atoms with Gasteiger partial charge in [0.25, 0.3) is 0 Å². The van der Waals surface area contributed by atoms with Crippen LogP contribution in [-0.2, 0) is 11.3 Å². The summed E-state index contributed by atoms with van der Waals surface area (Å²) in [6, 6.07) is 11.3. The fourth-order valence-corrected chi connectivity index (χ4v) is 2.00. The maximum atomic E-state index is 11.6. The molecule has 0 heterocycles. The molecule has 25 heavy (non-hydrogen) atoms. The summed E-state index contributed by atoms with van der Waals surface area (Å²) in [6.07, 6.45) is 2.34. The molecule has 2 aromatic carbocycles. The van der Waals surface area contributed by atoms with E-state index in [0.717, 1.165) is 17.7 Å². The van der Waals surface area contributed by atoms with Crippen LogP contribution in [0.1, 0.15) is 21.5 Å². The van der Waals surface area contributed by atoms with Crippen LogP contribution in [-0.4, -0.2) is 33.9 Å². The van der Waals surface area contributed by atoms with Gasteiger partial charge in [0.2, 0.25) is 0 Å². The Morgan fingerprint density at radius 2 is 1.80 bits per heavy atom. The number of alkyl carbamates (subject to hydrolysis) is 1. The lowest BCUT2D eigenvalue weighted by molar-refractivity contribution is 0.0693. The molecule has 7 heteroatoms. The Kier molecular flexibility index (Phi) is 6.00. The summed E-state index contributed by atoms with van der Waals surface area (Å²) in [5.74, 6) is -2.11. The third kappa shape index (κ3) is 5.28. The minimum absolute atomic E-state index is 0.121. The van der Waals surface area contributed by atoms with E-state index in [2.05, 4.69) is 5.32 Å². The van der Waals surface area contributed by atoms with Gasteiger partial charge in [-0.15, -0.1) is 0 Å². The summed E-state index contributed by atoms with van der Waals surface area (Å²) >= 11 is 0. The Balaban J connectivity index is 1.86. The number of aromatic hydroxyl groups is 2. The number of hydrogen-bond donors (Lipinski definition) is 4. The molecule has 130 valence electrons. The minimum Gasteiger partial charge on any atom is -0.507 e. The third-order valence-corrected chi connectivity index (χ3v) is 3.25. The lowest BCUT2D eigenvalue weighted by Gasteiger charge is -2.06. The van der Waals surface area contributed by atoms with Crippen LogP contribution < -0.4 is 5.32 Å². The molecule has 0 fully saturated rings. The summed E-state index contributed by atoms with van der Waals surface area (Å²) < 4.78 is 5.03. The van der Waals surface area contributed by atoms with Crippen LogP contribution in [0.3, 0.4) is 0 Å². The fourth-order valence-electron chi connectivity index (χ4n) is 2.00. The SMILES string of the molecule is O=C(NCC=Cc1cc(C(=O)O)c(O)cc1O)OCc1ccccc1. The second-order valence-electron chi connectivity index (χ2n) is 5.08. The largest absolute Gasteiger partial charge is 0.507 e. The zero-order chi connectivity index (χ0) is 18.2. The Bertz CT molecular complexity index is 786. The predicted octanol–water partition coefficient (Wildman–Crippen LogP) is 2.74. The highest BCUT2D eigenvalue weighted by molar-refractivity contribution is 5.92. The molecule has 0 aliphatic heterocycles. The number of phenolic OH excluding ortho intramolecular Hbond substituents is 1. The first-order valence-corrected chi connectivity index (χ1v) is 7.37. The molecule has 0 saturated carbocycles. The number of carboxylic acid groups (broad SMARTS) is 1. The number of nitrogens with one attached hydrogen (secondary N) is 1. The van der Waals surface area contributed by atoms with E-state index in [9.17, 15) is 19.8 Å². The van der Waals surface area contributed by atoms with Gasteiger partial charge in [0.05, 0.1) is 0 Å². The highest BCUT2D eigenvalue weighted by atomic mass is 16.5. The number of carbonyl (C=O) groups is 2. The molecule has 2 rings (SSSR count). The first-order valence-electron chi connectivity index (χ1n) is 7.37. The van der Waals surface area contributed by atoms with Crippen LogP contribution >= 0.6 is 0 Å². The summed E-state index contributed by atoms with van der Waals surface area (Å²) in [5, 5.41) is 30.6. The first kappa shape index (κ1) is 17.9. The molecule has 0 aliphatic carbocycles. The van der Waals surface area contributed by atoms with Crippen molar-refractivity contribution >= 4 is 18.1 Å². The van der Waals surface area contributed by atoms with E-state index in [1.807, 2.05) is 30.3 Å². The second kappa shape index (κ2) is 8.39. The van der Waals surface area contributed by atoms with Gasteiger partial charge in [0, 0.05) is 18.2 Å². The quantitative estimate of drug-likeness (QED) is 0.641. The van der Waals surface area contributed by atoms with Crippen molar-refractivity contribution in [3.05, 3.63) is 65.2 Å². The van der Waals surface area contributed by atoms with Gasteiger partial charge in [-0.05, 0) is 11.6 Å². The molecule has 0 saturated heterocycles. The van der Waals surface area contributed by atoms with Crippen LogP contribution in [0.4, 0.5) is 4.79 Å². The van der Waals surface area contributed by atoms with Gasteiger partial charge in [-0.2, -0.15) is 0 Å². The van der Waals surface area contributed by atoms with Crippen molar-refractivity contribution in [1.29, 1.82) is 0 Å². The highest BCUT2D eigenvalue weighted by Gasteiger charge is 2.12. The fraction of sp³-hybridized carbons (Fsp3) is 0.111. The monoisotopic (exact) mass is 343 g/mol. The van der Waals surface area contributed by atoms with Crippen molar-refractivity contribution in [1.82, 2.24) is 5.32 Å². The van der Waals surface area contributed by atoms with Gasteiger partial charge in [-0.25, -0.2) is 9.59 Å². The first-order chi connectivity index (χ1) is 12.0. The van der Waals surface area contributed by atoms with Crippen molar-refractivity contribution in [2.45, 2.75) is 6.61 Å². The molecule has 0 atom stereocenters. The Labute approximate surface area is 143 Å². The molecule has 1 amide bonds. The van der Waals surface area contributed by atoms with Crippen LogP contribution in [0, 0.1) is 0 Å². The third-order valence-electron chi connectivity index (χ3n) is 3.25. The molecule has 0 bridgehead atoms. The molecule has 0 spiro atoms. The van der Waals surface area contributed by atoms with Gasteiger partial charge in [0.15, 0.2) is 0 Å². The number of rotatable bonds is 6. The zero-order valence-electron chi connectivity index (χ0n) is 13.2. The van der Waals surface area contributed by atoms with E-state index in [-0.39, 0.29) is 30.0 Å². The standard InChI is InChI=1S/C18H17NO6/c20-15-10-16(21)14(17(22)23)9-13(15)7-4-8-19-18(24)25-11-12-5-2-1-3-6-12/h1-7,9-10,20-21H,8,11H2,(H,19,24)(H,22,23). The number of phenols is 2. The number of carboxylic acids is 1. The van der Waals surface area contributed by atoms with E-state index >= 15 is 0 Å². The van der Waals surface area contributed by atoms with E-state index in [4.69, 9.17) is 9.84 Å². The average Bonchev–Trinajstić information content (AvgIpc) is 2.59. The van der Waals surface area contributed by atoms with Crippen LogP contribution in [0.25, 0.3) is 6.08 Å². The molecular weight excluding hydrogens is 326 g/mol. The Morgan fingerprint density at radius 1 is 1.08 bits per heavy atom. The van der Waals surface area contributed by atoms with Gasteiger partial charge in [-0.3, -0.25) is 0 Å². The van der Waals surface area contributed by atoms with E-state index in [1.165, 1.54) is 12.2 Å². The van der Waals surface area contributed by atoms with Crippen molar-refractivity contribution in [2.24, 2.45) is 0 Å². The smallest absolute Gasteiger partial charge is 0.407 e. The zero-order valence-corrected chi connectivity index (χ0v) is 13.2. The minimum atomic E-state index is -1.31. The molecule has 0 radical (unpaired) electrons. The highest BCUT2D eigenvalue weighted by Crippen LogP contribution is 2.28. The summed E-state index contributed by atoms with van der Waals surface area (Å²) in [5.41, 5.74) is 0.741. The van der Waals surface area contributed by atoms with Crippen LogP contribution in [0.2, 0.25) is 0 Å². The molecule has 0 unspecified atom stereocenters. The van der Waals surface area contributed by atoms with E-state index in [0.29, 0.717) is 0 Å². The van der Waals surface area contributed by atoms with Crippen molar-refractivity contribution < 1.29 is 29.6 Å². The van der Waals surface area contributed by atoms with Crippen molar-refractivity contribution in [3.8, 4) is 11.5 Å². The maximum Gasteiger partial charge on any atom is 0.407 e. The number of benzene rings is 2. The molecule has 4 N–H and O–H groups in total.